The van der Waals surface area contributed by atoms with Crippen LogP contribution < -0.4 is 15.8 Å². The van der Waals surface area contributed by atoms with Crippen LogP contribution in [0.5, 0.6) is 5.75 Å². The average molecular weight is 292 g/mol. The molecule has 0 aromatic heterocycles. The molecule has 3 heteroatoms. The summed E-state index contributed by atoms with van der Waals surface area (Å²) >= 11 is 0. The van der Waals surface area contributed by atoms with E-state index in [1.165, 1.54) is 0 Å². The Hall–Kier alpha value is -1.06. The highest BCUT2D eigenvalue weighted by Gasteiger charge is 2.20. The van der Waals surface area contributed by atoms with Gasteiger partial charge >= 0.3 is 0 Å². The molecule has 1 unspecified atom stereocenters. The molecule has 0 saturated heterocycles. The molecule has 1 aromatic carbocycles. The van der Waals surface area contributed by atoms with E-state index in [9.17, 15) is 0 Å². The molecule has 0 heterocycles. The maximum atomic E-state index is 5.99. The lowest BCUT2D eigenvalue weighted by Gasteiger charge is -2.28. The van der Waals surface area contributed by atoms with Gasteiger partial charge in [-0.25, -0.2) is 0 Å². The topological polar surface area (TPSA) is 47.3 Å². The van der Waals surface area contributed by atoms with Crippen molar-refractivity contribution in [1.29, 1.82) is 0 Å². The van der Waals surface area contributed by atoms with E-state index in [0.717, 1.165) is 17.9 Å². The molecule has 0 spiro atoms. The number of hydrogen-bond acceptors (Lipinski definition) is 3. The van der Waals surface area contributed by atoms with Gasteiger partial charge in [-0.15, -0.1) is 0 Å². The Balaban J connectivity index is 2.79. The molecule has 0 fully saturated rings. The van der Waals surface area contributed by atoms with E-state index in [2.05, 4.69) is 39.1 Å². The molecule has 1 aromatic rings. The molecule has 3 N–H and O–H groups in total. The van der Waals surface area contributed by atoms with Crippen molar-refractivity contribution in [2.45, 2.75) is 40.7 Å². The second kappa shape index (κ2) is 9.06. The molecule has 0 bridgehead atoms. The zero-order valence-corrected chi connectivity index (χ0v) is 14.2. The molecule has 0 aliphatic heterocycles. The zero-order chi connectivity index (χ0) is 15.8. The highest BCUT2D eigenvalue weighted by molar-refractivity contribution is 5.36. The summed E-state index contributed by atoms with van der Waals surface area (Å²) in [6.07, 6.45) is 0. The van der Waals surface area contributed by atoms with Gasteiger partial charge < -0.3 is 15.8 Å². The van der Waals surface area contributed by atoms with Gasteiger partial charge in [-0.05, 0) is 37.3 Å². The largest absolute Gasteiger partial charge is 0.494 e. The second-order valence-corrected chi connectivity index (χ2v) is 6.32. The molecule has 1 rings (SSSR count). The van der Waals surface area contributed by atoms with Crippen LogP contribution >= 0.6 is 0 Å². The first-order chi connectivity index (χ1) is 10.0. The van der Waals surface area contributed by atoms with Gasteiger partial charge in [-0.2, -0.15) is 0 Å². The van der Waals surface area contributed by atoms with Crippen LogP contribution in [-0.2, 0) is 0 Å². The lowest BCUT2D eigenvalue weighted by molar-refractivity contribution is 0.264. The minimum atomic E-state index is 0.146. The summed E-state index contributed by atoms with van der Waals surface area (Å²) in [5, 5.41) is 3.64. The van der Waals surface area contributed by atoms with E-state index in [4.69, 9.17) is 10.5 Å². The molecular weight excluding hydrogens is 260 g/mol. The van der Waals surface area contributed by atoms with Crippen molar-refractivity contribution in [1.82, 2.24) is 5.32 Å². The van der Waals surface area contributed by atoms with Crippen molar-refractivity contribution in [2.75, 3.05) is 19.7 Å². The standard InChI is InChI=1S/C18H32N2O/c1-6-21-18-10-8-7-9-15(18)17(11-19)20-12-16(13(2)3)14(4)5/h7-10,13-14,16-17,20H,6,11-12,19H2,1-5H3. The third kappa shape index (κ3) is 5.33. The Morgan fingerprint density at radius 3 is 2.24 bits per heavy atom. The smallest absolute Gasteiger partial charge is 0.124 e. The number of hydrogen-bond donors (Lipinski definition) is 2. The van der Waals surface area contributed by atoms with Crippen LogP contribution in [0.2, 0.25) is 0 Å². The SMILES string of the molecule is CCOc1ccccc1C(CN)NCC(C(C)C)C(C)C. The Kier molecular flexibility index (Phi) is 7.76. The molecule has 0 amide bonds. The summed E-state index contributed by atoms with van der Waals surface area (Å²) in [6.45, 7) is 13.4. The first-order valence-corrected chi connectivity index (χ1v) is 8.16. The van der Waals surface area contributed by atoms with Crippen LogP contribution in [0.3, 0.4) is 0 Å². The van der Waals surface area contributed by atoms with Crippen LogP contribution in [0.1, 0.15) is 46.2 Å². The number of ether oxygens (including phenoxy) is 1. The molecule has 0 aliphatic rings. The number of nitrogens with two attached hydrogens (primary N) is 1. The van der Waals surface area contributed by atoms with Crippen LogP contribution in [-0.4, -0.2) is 19.7 Å². The van der Waals surface area contributed by atoms with Crippen LogP contribution in [0.15, 0.2) is 24.3 Å². The lowest BCUT2D eigenvalue weighted by Crippen LogP contribution is -2.35. The molecule has 3 nitrogen and oxygen atoms in total. The molecule has 120 valence electrons. The predicted molar refractivity (Wildman–Crippen MR) is 90.6 cm³/mol. The number of benzene rings is 1. The summed E-state index contributed by atoms with van der Waals surface area (Å²) in [7, 11) is 0. The Bertz CT molecular complexity index is 396. The fourth-order valence-corrected chi connectivity index (χ4v) is 2.90. The molecule has 0 radical (unpaired) electrons. The predicted octanol–water partition coefficient (Wildman–Crippen LogP) is 3.60. The van der Waals surface area contributed by atoms with Crippen molar-refractivity contribution in [3.05, 3.63) is 29.8 Å². The third-order valence-corrected chi connectivity index (χ3v) is 4.14. The van der Waals surface area contributed by atoms with Gasteiger partial charge in [0.1, 0.15) is 5.75 Å². The highest BCUT2D eigenvalue weighted by atomic mass is 16.5. The molecule has 0 saturated carbocycles. The normalized spacial score (nSPS) is 13.2. The highest BCUT2D eigenvalue weighted by Crippen LogP contribution is 2.26. The average Bonchev–Trinajstić information content (AvgIpc) is 2.44. The summed E-state index contributed by atoms with van der Waals surface area (Å²) in [5.41, 5.74) is 7.15. The fourth-order valence-electron chi connectivity index (χ4n) is 2.90. The quantitative estimate of drug-likeness (QED) is 0.731. The number of rotatable bonds is 9. The second-order valence-electron chi connectivity index (χ2n) is 6.32. The van der Waals surface area contributed by atoms with Gasteiger partial charge in [0, 0.05) is 18.2 Å². The van der Waals surface area contributed by atoms with Gasteiger partial charge in [0.2, 0.25) is 0 Å². The van der Waals surface area contributed by atoms with Crippen molar-refractivity contribution < 1.29 is 4.74 Å². The van der Waals surface area contributed by atoms with Crippen LogP contribution in [0, 0.1) is 17.8 Å². The summed E-state index contributed by atoms with van der Waals surface area (Å²) in [5.74, 6) is 2.92. The van der Waals surface area contributed by atoms with Gasteiger partial charge in [0.25, 0.3) is 0 Å². The van der Waals surface area contributed by atoms with Crippen LogP contribution in [0.4, 0.5) is 0 Å². The van der Waals surface area contributed by atoms with E-state index < -0.39 is 0 Å². The van der Waals surface area contributed by atoms with E-state index in [0.29, 0.717) is 30.9 Å². The minimum absolute atomic E-state index is 0.146. The fraction of sp³-hybridized carbons (Fsp3) is 0.667. The summed E-state index contributed by atoms with van der Waals surface area (Å²) in [4.78, 5) is 0. The molecule has 0 aliphatic carbocycles. The Morgan fingerprint density at radius 2 is 1.71 bits per heavy atom. The maximum Gasteiger partial charge on any atom is 0.124 e. The molecule has 21 heavy (non-hydrogen) atoms. The van der Waals surface area contributed by atoms with E-state index in [1.807, 2.05) is 25.1 Å². The molecular formula is C18H32N2O. The molecule has 1 atom stereocenters. The Labute approximate surface area is 130 Å². The zero-order valence-electron chi connectivity index (χ0n) is 14.2. The number of nitrogens with one attached hydrogen (secondary N) is 1. The van der Waals surface area contributed by atoms with Crippen molar-refractivity contribution in [3.63, 3.8) is 0 Å². The number of para-hydroxylation sites is 1. The van der Waals surface area contributed by atoms with Crippen molar-refractivity contribution >= 4 is 0 Å². The van der Waals surface area contributed by atoms with E-state index >= 15 is 0 Å². The van der Waals surface area contributed by atoms with Gasteiger partial charge in [-0.1, -0.05) is 45.9 Å². The summed E-state index contributed by atoms with van der Waals surface area (Å²) < 4.78 is 5.73. The van der Waals surface area contributed by atoms with Gasteiger partial charge in [0.05, 0.1) is 6.61 Å². The monoisotopic (exact) mass is 292 g/mol. The minimum Gasteiger partial charge on any atom is -0.494 e. The van der Waals surface area contributed by atoms with Gasteiger partial charge in [0.15, 0.2) is 0 Å². The first-order valence-electron chi connectivity index (χ1n) is 8.16. The lowest BCUT2D eigenvalue weighted by atomic mass is 9.85. The van der Waals surface area contributed by atoms with Crippen LogP contribution in [0.25, 0.3) is 0 Å². The van der Waals surface area contributed by atoms with Gasteiger partial charge in [-0.3, -0.25) is 0 Å². The third-order valence-electron chi connectivity index (χ3n) is 4.14. The van der Waals surface area contributed by atoms with Crippen molar-refractivity contribution in [3.8, 4) is 5.75 Å². The maximum absolute atomic E-state index is 5.99. The van der Waals surface area contributed by atoms with E-state index in [1.54, 1.807) is 0 Å². The first kappa shape index (κ1) is 18.0. The van der Waals surface area contributed by atoms with E-state index in [-0.39, 0.29) is 6.04 Å². The summed E-state index contributed by atoms with van der Waals surface area (Å²) in [6, 6.07) is 8.33. The van der Waals surface area contributed by atoms with Crippen molar-refractivity contribution in [2.24, 2.45) is 23.5 Å². The Morgan fingerprint density at radius 1 is 1.10 bits per heavy atom.